The van der Waals surface area contributed by atoms with Crippen molar-refractivity contribution in [2.45, 2.75) is 384 Å². The van der Waals surface area contributed by atoms with E-state index in [1.807, 2.05) is 6.08 Å². The van der Waals surface area contributed by atoms with E-state index in [0.29, 0.717) is 12.8 Å². The zero-order chi connectivity index (χ0) is 57.5. The number of carbonyl (C=O) groups excluding carboxylic acids is 2. The van der Waals surface area contributed by atoms with Gasteiger partial charge in [-0.15, -0.1) is 0 Å². The molecule has 1 saturated heterocycles. The molecule has 79 heavy (non-hydrogen) atoms. The summed E-state index contributed by atoms with van der Waals surface area (Å²) in [5.41, 5.74) is 0. The lowest BCUT2D eigenvalue weighted by molar-refractivity contribution is -0.305. The van der Waals surface area contributed by atoms with Crippen LogP contribution in [-0.2, 0) is 23.8 Å². The average Bonchev–Trinajstić information content (AvgIpc) is 3.51. The van der Waals surface area contributed by atoms with Crippen LogP contribution in [0.4, 0.5) is 0 Å². The van der Waals surface area contributed by atoms with Gasteiger partial charge < -0.3 is 45.1 Å². The molecule has 8 unspecified atom stereocenters. The van der Waals surface area contributed by atoms with Crippen LogP contribution < -0.4 is 5.32 Å². The summed E-state index contributed by atoms with van der Waals surface area (Å²) in [5.74, 6) is -1.20. The minimum absolute atomic E-state index is 0.128. The summed E-state index contributed by atoms with van der Waals surface area (Å²) < 4.78 is 17.7. The number of aliphatic hydroxyl groups excluding tert-OH is 5. The van der Waals surface area contributed by atoms with E-state index >= 15 is 0 Å². The van der Waals surface area contributed by atoms with Crippen LogP contribution in [0.2, 0.25) is 0 Å². The number of unbranched alkanes of at least 4 members (excludes halogenated alkanes) is 43. The normalized spacial score (nSPS) is 18.9. The maximum atomic E-state index is 13.4. The number of hydrogen-bond donors (Lipinski definition) is 6. The molecule has 8 atom stereocenters. The highest BCUT2D eigenvalue weighted by atomic mass is 16.7. The van der Waals surface area contributed by atoms with E-state index in [1.54, 1.807) is 6.08 Å². The molecule has 1 fully saturated rings. The van der Waals surface area contributed by atoms with Crippen molar-refractivity contribution in [2.75, 3.05) is 13.2 Å². The van der Waals surface area contributed by atoms with Crippen molar-refractivity contribution in [1.29, 1.82) is 0 Å². The molecule has 0 saturated carbocycles. The first kappa shape index (κ1) is 75.2. The van der Waals surface area contributed by atoms with Gasteiger partial charge in [0.15, 0.2) is 12.4 Å². The molecule has 0 spiro atoms. The van der Waals surface area contributed by atoms with E-state index in [-0.39, 0.29) is 19.4 Å². The molecular weight excluding hydrogens is 991 g/mol. The molecule has 6 N–H and O–H groups in total. The summed E-state index contributed by atoms with van der Waals surface area (Å²) in [6, 6.07) is -1.03. The third-order valence-corrected chi connectivity index (χ3v) is 16.4. The third-order valence-electron chi connectivity index (χ3n) is 16.4. The van der Waals surface area contributed by atoms with Crippen LogP contribution in [0.5, 0.6) is 0 Å². The topological polar surface area (TPSA) is 175 Å². The number of ether oxygens (including phenoxy) is 3. The molecule has 11 nitrogen and oxygen atoms in total. The lowest BCUT2D eigenvalue weighted by Crippen LogP contribution is -2.61. The quantitative estimate of drug-likeness (QED) is 0.0195. The van der Waals surface area contributed by atoms with Crippen LogP contribution in [0.15, 0.2) is 24.3 Å². The van der Waals surface area contributed by atoms with E-state index in [4.69, 9.17) is 14.2 Å². The molecular formula is C68H129NO10. The van der Waals surface area contributed by atoms with E-state index in [0.717, 1.165) is 57.8 Å². The highest BCUT2D eigenvalue weighted by Crippen LogP contribution is 2.26. The fourth-order valence-corrected chi connectivity index (χ4v) is 10.9. The van der Waals surface area contributed by atoms with E-state index in [1.165, 1.54) is 231 Å². The monoisotopic (exact) mass is 1120 g/mol. The van der Waals surface area contributed by atoms with Gasteiger partial charge in [0.2, 0.25) is 5.91 Å². The predicted octanol–water partition coefficient (Wildman–Crippen LogP) is 16.8. The maximum Gasteiger partial charge on any atom is 0.306 e. The van der Waals surface area contributed by atoms with Crippen LogP contribution >= 0.6 is 0 Å². The largest absolute Gasteiger partial charge is 0.454 e. The smallest absolute Gasteiger partial charge is 0.306 e. The second-order valence-electron chi connectivity index (χ2n) is 23.9. The minimum Gasteiger partial charge on any atom is -0.454 e. The van der Waals surface area contributed by atoms with Crippen LogP contribution in [0.3, 0.4) is 0 Å². The molecule has 1 rings (SSSR count). The highest BCUT2D eigenvalue weighted by Gasteiger charge is 2.47. The van der Waals surface area contributed by atoms with Crippen LogP contribution in [0.1, 0.15) is 335 Å². The predicted molar refractivity (Wildman–Crippen MR) is 329 cm³/mol. The number of hydrogen-bond acceptors (Lipinski definition) is 10. The first-order valence-electron chi connectivity index (χ1n) is 34.1. The number of nitrogens with one attached hydrogen (secondary N) is 1. The Morgan fingerprint density at radius 1 is 0.481 bits per heavy atom. The van der Waals surface area contributed by atoms with E-state index in [2.05, 4.69) is 38.2 Å². The first-order valence-corrected chi connectivity index (χ1v) is 34.1. The molecule has 1 amide bonds. The van der Waals surface area contributed by atoms with Crippen molar-refractivity contribution in [2.24, 2.45) is 0 Å². The van der Waals surface area contributed by atoms with Gasteiger partial charge in [-0.2, -0.15) is 0 Å². The third kappa shape index (κ3) is 44.4. The van der Waals surface area contributed by atoms with Crippen LogP contribution in [0, 0.1) is 0 Å². The Morgan fingerprint density at radius 3 is 1.23 bits per heavy atom. The summed E-state index contributed by atoms with van der Waals surface area (Å²) in [7, 11) is 0. The Morgan fingerprint density at radius 2 is 0.835 bits per heavy atom. The summed E-state index contributed by atoms with van der Waals surface area (Å²) in [5, 5.41) is 57.0. The van der Waals surface area contributed by atoms with Crippen molar-refractivity contribution in [3.05, 3.63) is 24.3 Å². The number of allylic oxidation sites excluding steroid dienone is 3. The summed E-state index contributed by atoms with van der Waals surface area (Å²) >= 11 is 0. The average molecular weight is 1120 g/mol. The zero-order valence-corrected chi connectivity index (χ0v) is 51.8. The second-order valence-corrected chi connectivity index (χ2v) is 23.9. The lowest BCUT2D eigenvalue weighted by atomic mass is 9.99. The lowest BCUT2D eigenvalue weighted by Gasteiger charge is -2.41. The van der Waals surface area contributed by atoms with Crippen molar-refractivity contribution in [3.63, 3.8) is 0 Å². The van der Waals surface area contributed by atoms with E-state index < -0.39 is 67.4 Å². The molecule has 1 aliphatic rings. The number of aliphatic hydroxyl groups is 5. The molecule has 0 aromatic heterocycles. The van der Waals surface area contributed by atoms with Crippen LogP contribution in [0.25, 0.3) is 0 Å². The fourth-order valence-electron chi connectivity index (χ4n) is 10.9. The number of carbonyl (C=O) groups is 2. The van der Waals surface area contributed by atoms with Crippen molar-refractivity contribution < 1.29 is 49.3 Å². The molecule has 466 valence electrons. The Balaban J connectivity index is 2.55. The van der Waals surface area contributed by atoms with Gasteiger partial charge in [-0.3, -0.25) is 9.59 Å². The van der Waals surface area contributed by atoms with Crippen molar-refractivity contribution in [3.8, 4) is 0 Å². The van der Waals surface area contributed by atoms with Gasteiger partial charge in [-0.05, 0) is 51.4 Å². The van der Waals surface area contributed by atoms with Crippen molar-refractivity contribution in [1.82, 2.24) is 5.32 Å². The first-order chi connectivity index (χ1) is 38.7. The summed E-state index contributed by atoms with van der Waals surface area (Å²) in [6.07, 6.45) is 56.7. The summed E-state index contributed by atoms with van der Waals surface area (Å²) in [6.45, 7) is 5.81. The van der Waals surface area contributed by atoms with Gasteiger partial charge in [0.25, 0.3) is 0 Å². The SMILES string of the molecule is CCCCCCCC/C=C\CCCCC(O)C(=O)NC(COC1OC(CO)C(O)C(O)C1OC(=O)CCCCCCCCCCCCCCCCCCCCCCCCCCC)C(O)/C=C/CCCCCCCCCCCCC. The van der Waals surface area contributed by atoms with Gasteiger partial charge in [0.05, 0.1) is 25.4 Å². The van der Waals surface area contributed by atoms with Crippen LogP contribution in [-0.4, -0.2) is 99.6 Å². The Bertz CT molecular complexity index is 1380. The van der Waals surface area contributed by atoms with Gasteiger partial charge in [0, 0.05) is 6.42 Å². The van der Waals surface area contributed by atoms with Gasteiger partial charge in [-0.1, -0.05) is 302 Å². The molecule has 0 aromatic carbocycles. The molecule has 11 heteroatoms. The Hall–Kier alpha value is -1.86. The summed E-state index contributed by atoms with van der Waals surface area (Å²) in [4.78, 5) is 26.6. The van der Waals surface area contributed by atoms with E-state index in [9.17, 15) is 35.1 Å². The Kier molecular flexibility index (Phi) is 53.9. The van der Waals surface area contributed by atoms with Crippen molar-refractivity contribution >= 4 is 11.9 Å². The van der Waals surface area contributed by atoms with Gasteiger partial charge in [0.1, 0.15) is 24.4 Å². The highest BCUT2D eigenvalue weighted by molar-refractivity contribution is 5.80. The molecule has 1 aliphatic heterocycles. The maximum absolute atomic E-state index is 13.4. The van der Waals surface area contributed by atoms with Gasteiger partial charge in [-0.25, -0.2) is 0 Å². The second kappa shape index (κ2) is 56.6. The number of amides is 1. The Labute approximate surface area is 486 Å². The molecule has 0 aromatic rings. The standard InChI is InChI=1S/C68H129NO10/c1-4-7-10-13-16-19-22-25-26-27-28-29-30-31-32-33-34-35-36-38-41-44-47-50-53-56-63(73)79-66-65(75)64(74)62(57-70)78-68(66)77-58-59(60(71)54-51-48-45-42-40-37-23-20-17-14-11-8-5-2)69-67(76)61(72)55-52-49-46-43-39-24-21-18-15-12-9-6-3/h39,43,51,54,59-62,64-66,68,70-72,74-75H,4-38,40-42,44-50,52-53,55-58H2,1-3H3,(H,69,76)/b43-39-,54-51+. The molecule has 0 radical (unpaired) electrons. The number of rotatable bonds is 59. The molecule has 0 aliphatic carbocycles. The number of esters is 1. The van der Waals surface area contributed by atoms with Gasteiger partial charge >= 0.3 is 5.97 Å². The molecule has 0 bridgehead atoms. The molecule has 1 heterocycles. The fraction of sp³-hybridized carbons (Fsp3) is 0.912. The zero-order valence-electron chi connectivity index (χ0n) is 51.8. The minimum atomic E-state index is -1.61.